The lowest BCUT2D eigenvalue weighted by Crippen LogP contribution is -2.53. The Bertz CT molecular complexity index is 291. The van der Waals surface area contributed by atoms with Crippen molar-refractivity contribution in [3.63, 3.8) is 0 Å². The maximum Gasteiger partial charge on any atom is 0.243 e. The molecule has 0 aromatic rings. The van der Waals surface area contributed by atoms with E-state index in [4.69, 9.17) is 0 Å². The lowest BCUT2D eigenvalue weighted by molar-refractivity contribution is -0.210. The van der Waals surface area contributed by atoms with Gasteiger partial charge in [-0.2, -0.15) is 5.06 Å². The number of rotatable bonds is 4. The van der Waals surface area contributed by atoms with Crippen LogP contribution in [0.25, 0.3) is 0 Å². The van der Waals surface area contributed by atoms with E-state index in [1.165, 1.54) is 5.06 Å². The summed E-state index contributed by atoms with van der Waals surface area (Å²) in [5.41, 5.74) is -0.585. The molecule has 0 saturated carbocycles. The van der Waals surface area contributed by atoms with Gasteiger partial charge in [0.05, 0.1) is 0 Å². The van der Waals surface area contributed by atoms with E-state index in [2.05, 4.69) is 13.8 Å². The van der Waals surface area contributed by atoms with E-state index in [0.717, 1.165) is 12.8 Å². The van der Waals surface area contributed by atoms with Gasteiger partial charge in [-0.15, -0.1) is 0 Å². The van der Waals surface area contributed by atoms with Crippen molar-refractivity contribution in [2.45, 2.75) is 59.2 Å². The maximum atomic E-state index is 12.2. The van der Waals surface area contributed by atoms with Crippen molar-refractivity contribution in [1.82, 2.24) is 9.96 Å². The quantitative estimate of drug-likeness (QED) is 0.823. The second-order valence-corrected chi connectivity index (χ2v) is 5.98. The summed E-state index contributed by atoms with van der Waals surface area (Å²) in [6, 6.07) is -0.380. The van der Waals surface area contributed by atoms with Crippen LogP contribution in [0, 0.1) is 11.8 Å². The van der Waals surface area contributed by atoms with Crippen molar-refractivity contribution in [1.29, 1.82) is 0 Å². The molecule has 0 aromatic carbocycles. The molecule has 1 rings (SSSR count). The van der Waals surface area contributed by atoms with Crippen LogP contribution in [-0.4, -0.2) is 39.8 Å². The van der Waals surface area contributed by atoms with Crippen LogP contribution in [0.4, 0.5) is 0 Å². The van der Waals surface area contributed by atoms with Gasteiger partial charge in [-0.1, -0.05) is 27.7 Å². The van der Waals surface area contributed by atoms with Crippen LogP contribution >= 0.6 is 0 Å². The highest BCUT2D eigenvalue weighted by Gasteiger charge is 2.53. The third-order valence-electron chi connectivity index (χ3n) is 4.16. The number of nitrogens with zero attached hydrogens (tertiary/aromatic N) is 2. The van der Waals surface area contributed by atoms with Gasteiger partial charge in [-0.05, 0) is 31.6 Å². The Morgan fingerprint density at radius 3 is 2.24 bits per heavy atom. The van der Waals surface area contributed by atoms with Gasteiger partial charge in [-0.25, -0.2) is 0 Å². The minimum Gasteiger partial charge on any atom is -0.324 e. The average Bonchev–Trinajstić information content (AvgIpc) is 2.40. The number of hydroxylamine groups is 2. The first-order valence-electron chi connectivity index (χ1n) is 6.48. The van der Waals surface area contributed by atoms with Crippen LogP contribution < -0.4 is 0 Å². The number of hydrogen-bond donors (Lipinski definition) is 1. The molecule has 0 spiro atoms. The zero-order valence-corrected chi connectivity index (χ0v) is 11.9. The summed E-state index contributed by atoms with van der Waals surface area (Å²) in [5, 5.41) is 11.6. The van der Waals surface area contributed by atoms with E-state index in [9.17, 15) is 10.0 Å². The molecular weight excluding hydrogens is 216 g/mol. The van der Waals surface area contributed by atoms with Gasteiger partial charge in [0.25, 0.3) is 0 Å². The first kappa shape index (κ1) is 14.5. The lowest BCUT2D eigenvalue weighted by Gasteiger charge is -2.39. The standard InChI is InChI=1S/C13H26N2O2/c1-9(2)7-8-11-12(16)14(6)13(5,10(3)4)15(11)17/h9-11,17H,7-8H2,1-6H3/t11-,13-/m1/s1. The van der Waals surface area contributed by atoms with Crippen LogP contribution in [0.2, 0.25) is 0 Å². The van der Waals surface area contributed by atoms with Crippen molar-refractivity contribution in [3.8, 4) is 0 Å². The summed E-state index contributed by atoms with van der Waals surface area (Å²) in [7, 11) is 1.78. The van der Waals surface area contributed by atoms with E-state index < -0.39 is 5.66 Å². The van der Waals surface area contributed by atoms with Crippen LogP contribution in [-0.2, 0) is 4.79 Å². The Morgan fingerprint density at radius 1 is 1.35 bits per heavy atom. The molecule has 1 fully saturated rings. The molecule has 1 amide bonds. The SMILES string of the molecule is CC(C)CC[C@@H]1C(=O)N(C)[C@@](C)(C(C)C)N1O. The largest absolute Gasteiger partial charge is 0.324 e. The molecule has 1 aliphatic heterocycles. The minimum atomic E-state index is -0.585. The van der Waals surface area contributed by atoms with Gasteiger partial charge in [0.15, 0.2) is 0 Å². The second-order valence-electron chi connectivity index (χ2n) is 5.98. The van der Waals surface area contributed by atoms with Crippen LogP contribution in [0.3, 0.4) is 0 Å². The Balaban J connectivity index is 2.86. The Morgan fingerprint density at radius 2 is 1.88 bits per heavy atom. The monoisotopic (exact) mass is 242 g/mol. The van der Waals surface area contributed by atoms with E-state index >= 15 is 0 Å². The van der Waals surface area contributed by atoms with E-state index in [-0.39, 0.29) is 17.9 Å². The number of hydrogen-bond acceptors (Lipinski definition) is 3. The summed E-state index contributed by atoms with van der Waals surface area (Å²) < 4.78 is 0. The average molecular weight is 242 g/mol. The van der Waals surface area contributed by atoms with Crippen molar-refractivity contribution in [2.24, 2.45) is 11.8 Å². The molecule has 1 aliphatic rings. The summed E-state index contributed by atoms with van der Waals surface area (Å²) in [6.45, 7) is 10.2. The molecular formula is C13H26N2O2. The molecule has 0 bridgehead atoms. The Hall–Kier alpha value is -0.610. The molecule has 0 radical (unpaired) electrons. The third-order valence-corrected chi connectivity index (χ3v) is 4.16. The van der Waals surface area contributed by atoms with Gasteiger partial charge >= 0.3 is 0 Å². The van der Waals surface area contributed by atoms with E-state index in [1.807, 2.05) is 20.8 Å². The van der Waals surface area contributed by atoms with Gasteiger partial charge < -0.3 is 10.1 Å². The Kier molecular flexibility index (Phi) is 4.20. The summed E-state index contributed by atoms with van der Waals surface area (Å²) in [4.78, 5) is 13.9. The predicted octanol–water partition coefficient (Wildman–Crippen LogP) is 2.33. The normalized spacial score (nSPS) is 31.0. The molecule has 1 saturated heterocycles. The number of amides is 1. The molecule has 100 valence electrons. The third kappa shape index (κ3) is 2.33. The fourth-order valence-corrected chi connectivity index (χ4v) is 2.41. The molecule has 1 heterocycles. The highest BCUT2D eigenvalue weighted by molar-refractivity contribution is 5.84. The maximum absolute atomic E-state index is 12.2. The van der Waals surface area contributed by atoms with Crippen molar-refractivity contribution >= 4 is 5.91 Å². The van der Waals surface area contributed by atoms with Gasteiger partial charge in [0.2, 0.25) is 5.91 Å². The van der Waals surface area contributed by atoms with Gasteiger partial charge in [0.1, 0.15) is 11.7 Å². The second kappa shape index (κ2) is 4.94. The fourth-order valence-electron chi connectivity index (χ4n) is 2.41. The summed E-state index contributed by atoms with van der Waals surface area (Å²) in [5.74, 6) is 0.766. The number of carbonyl (C=O) groups excluding carboxylic acids is 1. The number of carbonyl (C=O) groups is 1. The highest BCUT2D eigenvalue weighted by atomic mass is 16.5. The van der Waals surface area contributed by atoms with Crippen molar-refractivity contribution in [2.75, 3.05) is 7.05 Å². The minimum absolute atomic E-state index is 0.0318. The predicted molar refractivity (Wildman–Crippen MR) is 67.5 cm³/mol. The van der Waals surface area contributed by atoms with Gasteiger partial charge in [0, 0.05) is 7.05 Å². The lowest BCUT2D eigenvalue weighted by atomic mass is 9.97. The molecule has 0 aliphatic carbocycles. The van der Waals surface area contributed by atoms with Crippen LogP contribution in [0.15, 0.2) is 0 Å². The van der Waals surface area contributed by atoms with Crippen LogP contribution in [0.1, 0.15) is 47.5 Å². The molecule has 17 heavy (non-hydrogen) atoms. The zero-order valence-electron chi connectivity index (χ0n) is 11.9. The fraction of sp³-hybridized carbons (Fsp3) is 0.923. The molecule has 0 aromatic heterocycles. The molecule has 4 heteroatoms. The highest BCUT2D eigenvalue weighted by Crippen LogP contribution is 2.36. The first-order valence-corrected chi connectivity index (χ1v) is 6.48. The van der Waals surface area contributed by atoms with Crippen LogP contribution in [0.5, 0.6) is 0 Å². The van der Waals surface area contributed by atoms with E-state index in [1.54, 1.807) is 11.9 Å². The summed E-state index contributed by atoms with van der Waals surface area (Å²) >= 11 is 0. The van der Waals surface area contributed by atoms with Crippen molar-refractivity contribution < 1.29 is 10.0 Å². The molecule has 1 N–H and O–H groups in total. The molecule has 0 unspecified atom stereocenters. The molecule has 2 atom stereocenters. The Labute approximate surface area is 105 Å². The smallest absolute Gasteiger partial charge is 0.243 e. The molecule has 4 nitrogen and oxygen atoms in total. The zero-order chi connectivity index (χ0) is 13.4. The van der Waals surface area contributed by atoms with E-state index in [0.29, 0.717) is 5.92 Å². The van der Waals surface area contributed by atoms with Crippen molar-refractivity contribution in [3.05, 3.63) is 0 Å². The first-order chi connectivity index (χ1) is 7.72. The number of likely N-dealkylation sites (N-methyl/N-ethyl adjacent to an activating group) is 1. The van der Waals surface area contributed by atoms with Gasteiger partial charge in [-0.3, -0.25) is 4.79 Å². The summed E-state index contributed by atoms with van der Waals surface area (Å²) in [6.07, 6.45) is 1.68. The topological polar surface area (TPSA) is 43.8 Å².